The third kappa shape index (κ3) is 3.56. The van der Waals surface area contributed by atoms with Crippen molar-refractivity contribution in [1.29, 1.82) is 0 Å². The molecule has 1 N–H and O–H groups in total. The fourth-order valence-corrected chi connectivity index (χ4v) is 4.80. The highest BCUT2D eigenvalue weighted by Gasteiger charge is 2.42. The van der Waals surface area contributed by atoms with Gasteiger partial charge in [-0.2, -0.15) is 0 Å². The minimum atomic E-state index is -3.42. The summed E-state index contributed by atoms with van der Waals surface area (Å²) in [4.78, 5) is 0. The van der Waals surface area contributed by atoms with Gasteiger partial charge in [0.25, 0.3) is 0 Å². The summed E-state index contributed by atoms with van der Waals surface area (Å²) < 4.78 is 39.1. The molecule has 1 aliphatic rings. The van der Waals surface area contributed by atoms with E-state index in [1.165, 1.54) is 0 Å². The summed E-state index contributed by atoms with van der Waals surface area (Å²) >= 11 is 0. The average molecular weight is 390 g/mol. The van der Waals surface area contributed by atoms with Gasteiger partial charge in [0.2, 0.25) is 10.0 Å². The van der Waals surface area contributed by atoms with Crippen LogP contribution in [0.25, 0.3) is 0 Å². The topological polar surface area (TPSA) is 64.6 Å². The van der Waals surface area contributed by atoms with Crippen molar-refractivity contribution >= 4 is 10.0 Å². The third-order valence-corrected chi connectivity index (χ3v) is 7.21. The van der Waals surface area contributed by atoms with Crippen LogP contribution in [0.15, 0.2) is 42.5 Å². The lowest BCUT2D eigenvalue weighted by Gasteiger charge is -2.23. The molecule has 0 aromatic heterocycles. The largest absolute Gasteiger partial charge is 0.493 e. The van der Waals surface area contributed by atoms with E-state index >= 15 is 0 Å². The summed E-state index contributed by atoms with van der Waals surface area (Å²) in [6.45, 7) is 5.46. The maximum atomic E-state index is 12.6. The Bertz CT molecular complexity index is 909. The van der Waals surface area contributed by atoms with Crippen LogP contribution in [0.4, 0.5) is 0 Å². The highest BCUT2D eigenvalue weighted by Crippen LogP contribution is 2.51. The molecule has 0 fully saturated rings. The van der Waals surface area contributed by atoms with Crippen molar-refractivity contribution < 1.29 is 17.9 Å². The number of ether oxygens (including phenoxy) is 2. The van der Waals surface area contributed by atoms with Gasteiger partial charge in [0, 0.05) is 5.92 Å². The molecular weight excluding hydrogens is 362 g/mol. The second kappa shape index (κ2) is 7.52. The van der Waals surface area contributed by atoms with E-state index in [1.807, 2.05) is 30.3 Å². The van der Waals surface area contributed by atoms with Gasteiger partial charge in [-0.3, -0.25) is 0 Å². The predicted octanol–water partition coefficient (Wildman–Crippen LogP) is 3.85. The molecule has 0 radical (unpaired) electrons. The van der Waals surface area contributed by atoms with E-state index in [1.54, 1.807) is 28.1 Å². The summed E-state index contributed by atoms with van der Waals surface area (Å²) in [6.07, 6.45) is 0. The highest BCUT2D eigenvalue weighted by atomic mass is 32.2. The molecule has 27 heavy (non-hydrogen) atoms. The lowest BCUT2D eigenvalue weighted by Crippen LogP contribution is -2.36. The molecular formula is C21H27NO4S. The van der Waals surface area contributed by atoms with E-state index in [0.717, 1.165) is 16.7 Å². The van der Waals surface area contributed by atoms with E-state index < -0.39 is 15.3 Å². The van der Waals surface area contributed by atoms with E-state index in [2.05, 4.69) is 23.8 Å². The van der Waals surface area contributed by atoms with Crippen LogP contribution in [0.1, 0.15) is 49.4 Å². The Morgan fingerprint density at radius 1 is 0.963 bits per heavy atom. The molecule has 0 spiro atoms. The fourth-order valence-electron chi connectivity index (χ4n) is 3.84. The Kier molecular flexibility index (Phi) is 5.49. The highest BCUT2D eigenvalue weighted by molar-refractivity contribution is 7.90. The number of methoxy groups -OCH3 is 2. The Labute approximate surface area is 161 Å². The van der Waals surface area contributed by atoms with Gasteiger partial charge in [0.05, 0.1) is 25.5 Å². The first-order valence-corrected chi connectivity index (χ1v) is 10.7. The first kappa shape index (κ1) is 19.7. The smallest absolute Gasteiger partial charge is 0.214 e. The van der Waals surface area contributed by atoms with Crippen LogP contribution in [0, 0.1) is 5.92 Å². The van der Waals surface area contributed by atoms with E-state index in [-0.39, 0.29) is 17.9 Å². The maximum Gasteiger partial charge on any atom is 0.214 e. The molecule has 1 aliphatic carbocycles. The maximum absolute atomic E-state index is 12.6. The Hall–Kier alpha value is -2.05. The molecule has 5 nitrogen and oxygen atoms in total. The molecule has 2 aromatic rings. The molecule has 0 bridgehead atoms. The molecule has 3 atom stereocenters. The number of sulfonamides is 1. The first-order chi connectivity index (χ1) is 12.8. The number of fused-ring (bicyclic) bond motifs is 1. The average Bonchev–Trinajstić information content (AvgIpc) is 2.91. The standard InChI is InChI=1S/C21H27NO4S/c1-13(2)27(23,24)22-21-14(3)20(15-9-7-6-8-10-15)16-11-18(25-4)19(26-5)12-17(16)21/h6-14,20-22H,1-5H3/t14-,20+,21+/m1/s1. The van der Waals surface area contributed by atoms with Crippen molar-refractivity contribution in [2.75, 3.05) is 14.2 Å². The molecule has 0 unspecified atom stereocenters. The van der Waals surface area contributed by atoms with Gasteiger partial charge < -0.3 is 9.47 Å². The number of benzene rings is 2. The van der Waals surface area contributed by atoms with E-state index in [4.69, 9.17) is 9.47 Å². The molecule has 0 heterocycles. The summed E-state index contributed by atoms with van der Waals surface area (Å²) in [5.41, 5.74) is 3.17. The van der Waals surface area contributed by atoms with E-state index in [0.29, 0.717) is 11.5 Å². The molecule has 0 amide bonds. The Morgan fingerprint density at radius 2 is 1.52 bits per heavy atom. The van der Waals surface area contributed by atoms with Crippen LogP contribution in [0.3, 0.4) is 0 Å². The van der Waals surface area contributed by atoms with Crippen LogP contribution < -0.4 is 14.2 Å². The predicted molar refractivity (Wildman–Crippen MR) is 107 cm³/mol. The number of hydrogen-bond acceptors (Lipinski definition) is 4. The zero-order chi connectivity index (χ0) is 19.8. The Balaban J connectivity index is 2.16. The zero-order valence-corrected chi connectivity index (χ0v) is 17.2. The fraction of sp³-hybridized carbons (Fsp3) is 0.429. The molecule has 2 aromatic carbocycles. The second-order valence-corrected chi connectivity index (χ2v) is 9.54. The van der Waals surface area contributed by atoms with Gasteiger partial charge in [-0.1, -0.05) is 37.3 Å². The monoisotopic (exact) mass is 389 g/mol. The summed E-state index contributed by atoms with van der Waals surface area (Å²) in [5.74, 6) is 1.37. The van der Waals surface area contributed by atoms with Crippen LogP contribution in [-0.2, 0) is 10.0 Å². The van der Waals surface area contributed by atoms with Crippen LogP contribution in [-0.4, -0.2) is 27.9 Å². The van der Waals surface area contributed by atoms with Crippen LogP contribution in [0.5, 0.6) is 11.5 Å². The van der Waals surface area contributed by atoms with Gasteiger partial charge in [-0.05, 0) is 48.6 Å². The van der Waals surface area contributed by atoms with Crippen molar-refractivity contribution in [2.45, 2.75) is 38.0 Å². The van der Waals surface area contributed by atoms with Crippen molar-refractivity contribution in [1.82, 2.24) is 4.72 Å². The minimum Gasteiger partial charge on any atom is -0.493 e. The number of hydrogen-bond donors (Lipinski definition) is 1. The second-order valence-electron chi connectivity index (χ2n) is 7.27. The van der Waals surface area contributed by atoms with Gasteiger partial charge in [-0.25, -0.2) is 13.1 Å². The third-order valence-electron chi connectivity index (χ3n) is 5.38. The molecule has 0 aliphatic heterocycles. The minimum absolute atomic E-state index is 0.0488. The van der Waals surface area contributed by atoms with Crippen molar-refractivity contribution in [2.24, 2.45) is 5.92 Å². The quantitative estimate of drug-likeness (QED) is 0.815. The normalized spacial score (nSPS) is 21.9. The van der Waals surface area contributed by atoms with Gasteiger partial charge in [0.15, 0.2) is 11.5 Å². The van der Waals surface area contributed by atoms with Gasteiger partial charge >= 0.3 is 0 Å². The Morgan fingerprint density at radius 3 is 2.04 bits per heavy atom. The van der Waals surface area contributed by atoms with Crippen molar-refractivity contribution in [3.8, 4) is 11.5 Å². The van der Waals surface area contributed by atoms with Crippen LogP contribution >= 0.6 is 0 Å². The summed E-state index contributed by atoms with van der Waals surface area (Å²) in [5, 5.41) is -0.496. The van der Waals surface area contributed by atoms with E-state index in [9.17, 15) is 8.42 Å². The summed E-state index contributed by atoms with van der Waals surface area (Å²) in [6, 6.07) is 13.7. The first-order valence-electron chi connectivity index (χ1n) is 9.12. The van der Waals surface area contributed by atoms with Crippen LogP contribution in [0.2, 0.25) is 0 Å². The van der Waals surface area contributed by atoms with Crippen molar-refractivity contribution in [3.63, 3.8) is 0 Å². The molecule has 146 valence electrons. The van der Waals surface area contributed by atoms with Gasteiger partial charge in [-0.15, -0.1) is 0 Å². The SMILES string of the molecule is COc1cc2c(cc1OC)[C@@H](NS(=O)(=O)C(C)C)[C@H](C)[C@H]2c1ccccc1. The lowest BCUT2D eigenvalue weighted by molar-refractivity contribution is 0.354. The lowest BCUT2D eigenvalue weighted by atomic mass is 9.86. The number of nitrogens with one attached hydrogen (secondary N) is 1. The summed E-state index contributed by atoms with van der Waals surface area (Å²) in [7, 11) is -0.222. The molecule has 6 heteroatoms. The van der Waals surface area contributed by atoms with Crippen molar-refractivity contribution in [3.05, 3.63) is 59.2 Å². The molecule has 0 saturated carbocycles. The zero-order valence-electron chi connectivity index (χ0n) is 16.4. The molecule has 3 rings (SSSR count). The number of rotatable bonds is 6. The van der Waals surface area contributed by atoms with Gasteiger partial charge in [0.1, 0.15) is 0 Å². The molecule has 0 saturated heterocycles.